The second kappa shape index (κ2) is 6.78. The molecule has 0 amide bonds. The standard InChI is InChI=1S/C16H27N3/c1-4-17-15-10-7-11-16(18-15)19(12-13(2)3)14-8-5-6-9-14/h7,10-11,13-14H,4-6,8-9,12H2,1-3H3,(H,17,18). The Hall–Kier alpha value is -1.25. The lowest BCUT2D eigenvalue weighted by Gasteiger charge is -2.32. The fourth-order valence-electron chi connectivity index (χ4n) is 2.90. The maximum atomic E-state index is 4.78. The predicted octanol–water partition coefficient (Wildman–Crippen LogP) is 3.92. The molecule has 2 rings (SSSR count). The minimum Gasteiger partial charge on any atom is -0.370 e. The van der Waals surface area contributed by atoms with E-state index in [0.717, 1.165) is 24.7 Å². The van der Waals surface area contributed by atoms with Gasteiger partial charge in [0.2, 0.25) is 0 Å². The molecule has 1 aliphatic rings. The highest BCUT2D eigenvalue weighted by Crippen LogP contribution is 2.28. The van der Waals surface area contributed by atoms with E-state index in [1.54, 1.807) is 0 Å². The van der Waals surface area contributed by atoms with Gasteiger partial charge in [0.25, 0.3) is 0 Å². The summed E-state index contributed by atoms with van der Waals surface area (Å²) >= 11 is 0. The van der Waals surface area contributed by atoms with Crippen LogP contribution in [0.25, 0.3) is 0 Å². The molecule has 0 bridgehead atoms. The summed E-state index contributed by atoms with van der Waals surface area (Å²) in [6.07, 6.45) is 5.37. The predicted molar refractivity (Wildman–Crippen MR) is 82.8 cm³/mol. The van der Waals surface area contributed by atoms with Crippen molar-refractivity contribution in [2.24, 2.45) is 5.92 Å². The Morgan fingerprint density at radius 3 is 2.68 bits per heavy atom. The van der Waals surface area contributed by atoms with Crippen LogP contribution >= 0.6 is 0 Å². The molecular weight excluding hydrogens is 234 g/mol. The first-order valence-electron chi connectivity index (χ1n) is 7.68. The van der Waals surface area contributed by atoms with Gasteiger partial charge in [-0.25, -0.2) is 4.98 Å². The number of hydrogen-bond donors (Lipinski definition) is 1. The quantitative estimate of drug-likeness (QED) is 0.841. The third-order valence-electron chi connectivity index (χ3n) is 3.71. The molecule has 1 saturated carbocycles. The van der Waals surface area contributed by atoms with E-state index in [4.69, 9.17) is 4.98 Å². The van der Waals surface area contributed by atoms with Gasteiger partial charge in [0.1, 0.15) is 11.6 Å². The van der Waals surface area contributed by atoms with Gasteiger partial charge in [-0.2, -0.15) is 0 Å². The van der Waals surface area contributed by atoms with E-state index in [9.17, 15) is 0 Å². The summed E-state index contributed by atoms with van der Waals surface area (Å²) in [5.74, 6) is 2.80. The van der Waals surface area contributed by atoms with Crippen LogP contribution in [0.5, 0.6) is 0 Å². The molecule has 1 fully saturated rings. The lowest BCUT2D eigenvalue weighted by molar-refractivity contribution is 0.531. The maximum Gasteiger partial charge on any atom is 0.131 e. The number of nitrogens with one attached hydrogen (secondary N) is 1. The van der Waals surface area contributed by atoms with Crippen LogP contribution in [0.15, 0.2) is 18.2 Å². The molecule has 1 aliphatic carbocycles. The largest absolute Gasteiger partial charge is 0.370 e. The summed E-state index contributed by atoms with van der Waals surface area (Å²) in [6, 6.07) is 7.01. The average molecular weight is 261 g/mol. The summed E-state index contributed by atoms with van der Waals surface area (Å²) < 4.78 is 0. The lowest BCUT2D eigenvalue weighted by Crippen LogP contribution is -2.37. The van der Waals surface area contributed by atoms with Crippen molar-refractivity contribution in [2.75, 3.05) is 23.3 Å². The van der Waals surface area contributed by atoms with Crippen molar-refractivity contribution in [3.63, 3.8) is 0 Å². The molecule has 19 heavy (non-hydrogen) atoms. The minimum absolute atomic E-state index is 0.671. The molecule has 0 spiro atoms. The topological polar surface area (TPSA) is 28.2 Å². The van der Waals surface area contributed by atoms with E-state index in [1.807, 2.05) is 0 Å². The maximum absolute atomic E-state index is 4.78. The first kappa shape index (κ1) is 14.2. The molecule has 0 aliphatic heterocycles. The summed E-state index contributed by atoms with van der Waals surface area (Å²) in [7, 11) is 0. The molecule has 0 saturated heterocycles. The average Bonchev–Trinajstić information content (AvgIpc) is 2.90. The summed E-state index contributed by atoms with van der Waals surface area (Å²) in [4.78, 5) is 7.30. The normalized spacial score (nSPS) is 16.0. The third kappa shape index (κ3) is 3.85. The van der Waals surface area contributed by atoms with Crippen molar-refractivity contribution in [3.05, 3.63) is 18.2 Å². The molecule has 106 valence electrons. The number of pyridine rings is 1. The summed E-state index contributed by atoms with van der Waals surface area (Å²) in [6.45, 7) is 8.71. The van der Waals surface area contributed by atoms with E-state index in [1.165, 1.54) is 25.7 Å². The SMILES string of the molecule is CCNc1cccc(N(CC(C)C)C2CCCC2)n1. The van der Waals surface area contributed by atoms with Gasteiger partial charge < -0.3 is 10.2 Å². The number of rotatable bonds is 6. The van der Waals surface area contributed by atoms with Crippen LogP contribution in [0.4, 0.5) is 11.6 Å². The van der Waals surface area contributed by atoms with E-state index in [0.29, 0.717) is 12.0 Å². The first-order valence-corrected chi connectivity index (χ1v) is 7.68. The Balaban J connectivity index is 2.18. The van der Waals surface area contributed by atoms with Crippen LogP contribution < -0.4 is 10.2 Å². The second-order valence-electron chi connectivity index (χ2n) is 5.90. The summed E-state index contributed by atoms with van der Waals surface area (Å²) in [5.41, 5.74) is 0. The number of nitrogens with zero attached hydrogens (tertiary/aromatic N) is 2. The molecule has 0 radical (unpaired) electrons. The number of hydrogen-bond acceptors (Lipinski definition) is 3. The van der Waals surface area contributed by atoms with Gasteiger partial charge in [0.15, 0.2) is 0 Å². The fourth-order valence-corrected chi connectivity index (χ4v) is 2.90. The Kier molecular flexibility index (Phi) is 5.06. The van der Waals surface area contributed by atoms with Crippen LogP contribution in [0.3, 0.4) is 0 Å². The highest BCUT2D eigenvalue weighted by Gasteiger charge is 2.24. The number of anilines is 2. The van der Waals surface area contributed by atoms with Crippen LogP contribution in [-0.2, 0) is 0 Å². The van der Waals surface area contributed by atoms with Gasteiger partial charge in [-0.15, -0.1) is 0 Å². The van der Waals surface area contributed by atoms with Crippen LogP contribution in [0.2, 0.25) is 0 Å². The van der Waals surface area contributed by atoms with Gasteiger partial charge in [0.05, 0.1) is 0 Å². The van der Waals surface area contributed by atoms with E-state index in [2.05, 4.69) is 49.2 Å². The second-order valence-corrected chi connectivity index (χ2v) is 5.90. The van der Waals surface area contributed by atoms with Crippen molar-refractivity contribution >= 4 is 11.6 Å². The molecule has 0 aromatic carbocycles. The number of aromatic nitrogens is 1. The molecule has 3 nitrogen and oxygen atoms in total. The zero-order valence-corrected chi connectivity index (χ0v) is 12.5. The smallest absolute Gasteiger partial charge is 0.131 e. The Labute approximate surface area is 117 Å². The van der Waals surface area contributed by atoms with Gasteiger partial charge >= 0.3 is 0 Å². The van der Waals surface area contributed by atoms with Gasteiger partial charge in [0, 0.05) is 19.1 Å². The van der Waals surface area contributed by atoms with Gasteiger partial charge in [-0.1, -0.05) is 32.8 Å². The molecule has 1 aromatic rings. The first-order chi connectivity index (χ1) is 9.20. The van der Waals surface area contributed by atoms with Crippen molar-refractivity contribution in [3.8, 4) is 0 Å². The van der Waals surface area contributed by atoms with E-state index in [-0.39, 0.29) is 0 Å². The zero-order chi connectivity index (χ0) is 13.7. The lowest BCUT2D eigenvalue weighted by atomic mass is 10.1. The Morgan fingerprint density at radius 2 is 2.05 bits per heavy atom. The van der Waals surface area contributed by atoms with E-state index >= 15 is 0 Å². The van der Waals surface area contributed by atoms with Gasteiger partial charge in [-0.05, 0) is 37.8 Å². The molecule has 0 unspecified atom stereocenters. The molecular formula is C16H27N3. The van der Waals surface area contributed by atoms with Crippen LogP contribution in [-0.4, -0.2) is 24.1 Å². The summed E-state index contributed by atoms with van der Waals surface area (Å²) in [5, 5.41) is 3.31. The van der Waals surface area contributed by atoms with Gasteiger partial charge in [-0.3, -0.25) is 0 Å². The Bertz CT molecular complexity index is 383. The molecule has 0 atom stereocenters. The van der Waals surface area contributed by atoms with Crippen molar-refractivity contribution in [2.45, 2.75) is 52.5 Å². The van der Waals surface area contributed by atoms with Crippen molar-refractivity contribution in [1.82, 2.24) is 4.98 Å². The monoisotopic (exact) mass is 261 g/mol. The van der Waals surface area contributed by atoms with Crippen LogP contribution in [0.1, 0.15) is 46.5 Å². The fraction of sp³-hybridized carbons (Fsp3) is 0.688. The molecule has 1 N–H and O–H groups in total. The highest BCUT2D eigenvalue weighted by atomic mass is 15.2. The minimum atomic E-state index is 0.671. The molecule has 1 heterocycles. The zero-order valence-electron chi connectivity index (χ0n) is 12.5. The van der Waals surface area contributed by atoms with Crippen molar-refractivity contribution < 1.29 is 0 Å². The van der Waals surface area contributed by atoms with E-state index < -0.39 is 0 Å². The van der Waals surface area contributed by atoms with Crippen LogP contribution in [0, 0.1) is 5.92 Å². The highest BCUT2D eigenvalue weighted by molar-refractivity contribution is 5.48. The molecule has 3 heteroatoms. The third-order valence-corrected chi connectivity index (χ3v) is 3.71. The molecule has 1 aromatic heterocycles. The Morgan fingerprint density at radius 1 is 1.32 bits per heavy atom. The van der Waals surface area contributed by atoms with Crippen molar-refractivity contribution in [1.29, 1.82) is 0 Å².